The van der Waals surface area contributed by atoms with Crippen LogP contribution in [0.2, 0.25) is 0 Å². The maximum absolute atomic E-state index is 5.58. The van der Waals surface area contributed by atoms with Gasteiger partial charge in [0, 0.05) is 31.2 Å². The van der Waals surface area contributed by atoms with Crippen LogP contribution in [0, 0.1) is 0 Å². The third kappa shape index (κ3) is 8.28. The Kier molecular flexibility index (Phi) is 7.33. The van der Waals surface area contributed by atoms with Crippen LogP contribution in [0.4, 0.5) is 0 Å². The summed E-state index contributed by atoms with van der Waals surface area (Å²) in [5.74, 6) is 0. The average molecular weight is 205 g/mol. The summed E-state index contributed by atoms with van der Waals surface area (Å²) in [5, 5.41) is 3.37. The molecule has 0 spiro atoms. The molecule has 78 valence electrons. The van der Waals surface area contributed by atoms with Crippen LogP contribution in [0.1, 0.15) is 20.8 Å². The number of likely N-dealkylation sites (N-methyl/N-ethyl adjacent to an activating group) is 1. The Morgan fingerprint density at radius 3 is 2.62 bits per heavy atom. The molecule has 13 heavy (non-hydrogen) atoms. The first-order valence-electron chi connectivity index (χ1n) is 4.74. The van der Waals surface area contributed by atoms with E-state index in [0.717, 1.165) is 19.6 Å². The van der Waals surface area contributed by atoms with Crippen molar-refractivity contribution in [1.29, 1.82) is 0 Å². The number of nitrogens with one attached hydrogen (secondary N) is 1. The summed E-state index contributed by atoms with van der Waals surface area (Å²) in [7, 11) is 2.10. The van der Waals surface area contributed by atoms with E-state index < -0.39 is 0 Å². The first-order valence-corrected chi connectivity index (χ1v) is 5.17. The molecule has 0 aromatic rings. The minimum absolute atomic E-state index is 0.568. The van der Waals surface area contributed by atoms with Crippen molar-refractivity contribution in [3.05, 3.63) is 11.1 Å². The van der Waals surface area contributed by atoms with Crippen molar-refractivity contribution in [3.63, 3.8) is 0 Å². The zero-order valence-corrected chi connectivity index (χ0v) is 9.86. The second kappa shape index (κ2) is 7.36. The molecule has 0 aliphatic carbocycles. The number of nitrogens with zero attached hydrogens (tertiary/aromatic N) is 1. The molecule has 0 atom stereocenters. The van der Waals surface area contributed by atoms with Crippen LogP contribution < -0.4 is 5.32 Å². The normalized spacial score (nSPS) is 13.0. The van der Waals surface area contributed by atoms with E-state index in [1.807, 2.05) is 6.92 Å². The van der Waals surface area contributed by atoms with E-state index in [9.17, 15) is 0 Å². The smallest absolute Gasteiger partial charge is 0.0199 e. The van der Waals surface area contributed by atoms with Crippen molar-refractivity contribution >= 4 is 11.6 Å². The van der Waals surface area contributed by atoms with Crippen molar-refractivity contribution in [2.24, 2.45) is 0 Å². The molecule has 0 unspecified atom stereocenters. The Balaban J connectivity index is 3.46. The lowest BCUT2D eigenvalue weighted by Crippen LogP contribution is -2.33. The van der Waals surface area contributed by atoms with Gasteiger partial charge in [0.1, 0.15) is 0 Å². The molecule has 1 N–H and O–H groups in total. The fourth-order valence-corrected chi connectivity index (χ4v) is 1.15. The van der Waals surface area contributed by atoms with Crippen molar-refractivity contribution in [3.8, 4) is 0 Å². The second-order valence-electron chi connectivity index (χ2n) is 3.80. The number of hydrogen-bond acceptors (Lipinski definition) is 2. The zero-order chi connectivity index (χ0) is 10.3. The van der Waals surface area contributed by atoms with Crippen LogP contribution >= 0.6 is 11.6 Å². The third-order valence-corrected chi connectivity index (χ3v) is 2.12. The second-order valence-corrected chi connectivity index (χ2v) is 4.02. The fraction of sp³-hybridized carbons (Fsp3) is 0.800. The molecule has 0 aromatic heterocycles. The molecule has 0 fully saturated rings. The lowest BCUT2D eigenvalue weighted by atomic mass is 10.3. The molecule has 0 radical (unpaired) electrons. The van der Waals surface area contributed by atoms with Crippen LogP contribution in [0.25, 0.3) is 0 Å². The molecule has 0 heterocycles. The van der Waals surface area contributed by atoms with Gasteiger partial charge in [-0.15, -0.1) is 0 Å². The lowest BCUT2D eigenvalue weighted by molar-refractivity contribution is 0.352. The molecule has 0 aromatic carbocycles. The maximum Gasteiger partial charge on any atom is 0.0199 e. The van der Waals surface area contributed by atoms with Gasteiger partial charge in [0.05, 0.1) is 0 Å². The largest absolute Gasteiger partial charge is 0.313 e. The van der Waals surface area contributed by atoms with E-state index >= 15 is 0 Å². The van der Waals surface area contributed by atoms with Crippen molar-refractivity contribution < 1.29 is 0 Å². The molecule has 3 heteroatoms. The van der Waals surface area contributed by atoms with E-state index in [-0.39, 0.29) is 0 Å². The van der Waals surface area contributed by atoms with Crippen molar-refractivity contribution in [2.45, 2.75) is 26.8 Å². The predicted octanol–water partition coefficient (Wildman–Crippen LogP) is 2.06. The molecule has 0 aliphatic heterocycles. The Hall–Kier alpha value is -0.0500. The summed E-state index contributed by atoms with van der Waals surface area (Å²) >= 11 is 5.58. The Morgan fingerprint density at radius 2 is 2.15 bits per heavy atom. The summed E-state index contributed by atoms with van der Waals surface area (Å²) in [6.07, 6.45) is 0. The molecule has 0 amide bonds. The summed E-state index contributed by atoms with van der Waals surface area (Å²) in [6.45, 7) is 9.39. The number of halogens is 1. The Labute approximate surface area is 86.9 Å². The van der Waals surface area contributed by atoms with E-state index in [2.05, 4.69) is 31.1 Å². The van der Waals surface area contributed by atoms with Crippen LogP contribution in [0.3, 0.4) is 0 Å². The topological polar surface area (TPSA) is 15.3 Å². The van der Waals surface area contributed by atoms with Gasteiger partial charge >= 0.3 is 0 Å². The number of hydrogen-bond donors (Lipinski definition) is 1. The summed E-state index contributed by atoms with van der Waals surface area (Å²) in [6, 6.07) is 0.568. The number of rotatable bonds is 6. The van der Waals surface area contributed by atoms with Crippen LogP contribution in [0.5, 0.6) is 0 Å². The molecule has 0 aliphatic rings. The van der Waals surface area contributed by atoms with Gasteiger partial charge in [-0.25, -0.2) is 0 Å². The molecule has 0 bridgehead atoms. The molecule has 0 rings (SSSR count). The van der Waals surface area contributed by atoms with Crippen molar-refractivity contribution in [1.82, 2.24) is 10.2 Å². The van der Waals surface area contributed by atoms with E-state index in [1.54, 1.807) is 5.54 Å². The molecule has 2 nitrogen and oxygen atoms in total. The maximum atomic E-state index is 5.58. The first-order chi connectivity index (χ1) is 6.06. The Bertz CT molecular complexity index is 155. The van der Waals surface area contributed by atoms with Crippen LogP contribution in [0.15, 0.2) is 11.1 Å². The van der Waals surface area contributed by atoms with Crippen LogP contribution in [-0.2, 0) is 0 Å². The quantitative estimate of drug-likeness (QED) is 0.713. The van der Waals surface area contributed by atoms with E-state index in [4.69, 9.17) is 11.6 Å². The molecular formula is C10H21ClN2. The lowest BCUT2D eigenvalue weighted by Gasteiger charge is -2.17. The van der Waals surface area contributed by atoms with Crippen molar-refractivity contribution in [2.75, 3.05) is 26.7 Å². The monoisotopic (exact) mass is 204 g/mol. The highest BCUT2D eigenvalue weighted by Gasteiger charge is 1.99. The van der Waals surface area contributed by atoms with Gasteiger partial charge in [0.15, 0.2) is 0 Å². The predicted molar refractivity (Wildman–Crippen MR) is 60.2 cm³/mol. The standard InChI is InChI=1S/C10H21ClN2/c1-9(2)12-5-6-13(4)8-10(3)7-11/h7,9,12H,5-6,8H2,1-4H3. The van der Waals surface area contributed by atoms with Gasteiger partial charge in [0.2, 0.25) is 0 Å². The van der Waals surface area contributed by atoms with E-state index in [0.29, 0.717) is 6.04 Å². The van der Waals surface area contributed by atoms with Gasteiger partial charge in [-0.05, 0) is 19.5 Å². The van der Waals surface area contributed by atoms with Gasteiger partial charge in [-0.3, -0.25) is 0 Å². The molecule has 0 saturated carbocycles. The summed E-state index contributed by atoms with van der Waals surface area (Å²) in [4.78, 5) is 2.25. The van der Waals surface area contributed by atoms with Gasteiger partial charge in [-0.1, -0.05) is 25.4 Å². The molecule has 0 saturated heterocycles. The highest BCUT2D eigenvalue weighted by molar-refractivity contribution is 6.25. The average Bonchev–Trinajstić information content (AvgIpc) is 2.03. The van der Waals surface area contributed by atoms with Gasteiger partial charge in [-0.2, -0.15) is 0 Å². The zero-order valence-electron chi connectivity index (χ0n) is 9.10. The summed E-state index contributed by atoms with van der Waals surface area (Å²) in [5.41, 5.74) is 2.85. The van der Waals surface area contributed by atoms with Gasteiger partial charge < -0.3 is 10.2 Å². The highest BCUT2D eigenvalue weighted by Crippen LogP contribution is 1.97. The minimum atomic E-state index is 0.568. The highest BCUT2D eigenvalue weighted by atomic mass is 35.5. The van der Waals surface area contributed by atoms with Crippen LogP contribution in [-0.4, -0.2) is 37.6 Å². The first kappa shape index (κ1) is 12.9. The Morgan fingerprint density at radius 1 is 1.54 bits per heavy atom. The fourth-order valence-electron chi connectivity index (χ4n) is 1.08. The van der Waals surface area contributed by atoms with E-state index in [1.165, 1.54) is 5.57 Å². The van der Waals surface area contributed by atoms with Gasteiger partial charge in [0.25, 0.3) is 0 Å². The SMILES string of the molecule is CC(=CCl)CN(C)CCNC(C)C. The molecular weight excluding hydrogens is 184 g/mol. The third-order valence-electron chi connectivity index (χ3n) is 1.75. The summed E-state index contributed by atoms with van der Waals surface area (Å²) < 4.78 is 0. The minimum Gasteiger partial charge on any atom is -0.313 e.